The number of carbonyl (C=O) groups excluding carboxylic acids is 1. The molecule has 3 aromatic carbocycles. The summed E-state index contributed by atoms with van der Waals surface area (Å²) in [4.78, 5) is 14.6. The van der Waals surface area contributed by atoms with Crippen LogP contribution in [-0.4, -0.2) is 21.3 Å². The summed E-state index contributed by atoms with van der Waals surface area (Å²) in [5, 5.41) is 11.9. The number of hydrogen-bond acceptors (Lipinski definition) is 3. The monoisotopic (exact) mass is 388 g/mol. The van der Waals surface area contributed by atoms with Gasteiger partial charge >= 0.3 is 0 Å². The van der Waals surface area contributed by atoms with Crippen molar-refractivity contribution in [2.75, 3.05) is 10.7 Å². The van der Waals surface area contributed by atoms with E-state index in [4.69, 9.17) is 0 Å². The molecule has 1 saturated heterocycles. The number of phenols is 1. The number of fused-ring (bicyclic) bond motifs is 3. The topological polar surface area (TPSA) is 45.5 Å². The van der Waals surface area contributed by atoms with Gasteiger partial charge in [0.05, 0.1) is 5.75 Å². The maximum absolute atomic E-state index is 12.7. The van der Waals surface area contributed by atoms with Crippen molar-refractivity contribution in [1.82, 2.24) is 4.57 Å². The number of rotatable bonds is 3. The van der Waals surface area contributed by atoms with Crippen LogP contribution < -0.4 is 4.90 Å². The smallest absolute Gasteiger partial charge is 0.238 e. The number of aromatic nitrogens is 1. The summed E-state index contributed by atoms with van der Waals surface area (Å²) in [5.74, 6) is 0.806. The SMILES string of the molecule is CCn1c2ccccc2c2cc(N3C(=O)CSC3c3ccc(O)cc3)ccc21. The lowest BCUT2D eigenvalue weighted by atomic mass is 10.1. The molecule has 1 amide bonds. The first-order chi connectivity index (χ1) is 13.7. The van der Waals surface area contributed by atoms with E-state index in [9.17, 15) is 9.90 Å². The second-order valence-corrected chi connectivity index (χ2v) is 8.05. The standard InChI is InChI=1S/C23H20N2O2S/c1-2-24-20-6-4-3-5-18(20)19-13-16(9-12-21(19)24)25-22(27)14-28-23(25)15-7-10-17(26)11-8-15/h3-13,23,26H,2,14H2,1H3. The van der Waals surface area contributed by atoms with Crippen LogP contribution in [0.4, 0.5) is 5.69 Å². The van der Waals surface area contributed by atoms with Crippen LogP contribution in [0.1, 0.15) is 17.9 Å². The second-order valence-electron chi connectivity index (χ2n) is 6.98. The largest absolute Gasteiger partial charge is 0.508 e. The van der Waals surface area contributed by atoms with Gasteiger partial charge in [-0.3, -0.25) is 9.69 Å². The molecule has 0 aliphatic carbocycles. The van der Waals surface area contributed by atoms with E-state index in [0.29, 0.717) is 5.75 Å². The maximum Gasteiger partial charge on any atom is 0.238 e. The Morgan fingerprint density at radius 3 is 2.54 bits per heavy atom. The van der Waals surface area contributed by atoms with Crippen LogP contribution in [-0.2, 0) is 11.3 Å². The predicted molar refractivity (Wildman–Crippen MR) is 116 cm³/mol. The maximum atomic E-state index is 12.7. The fourth-order valence-electron chi connectivity index (χ4n) is 4.12. The van der Waals surface area contributed by atoms with Crippen molar-refractivity contribution in [1.29, 1.82) is 0 Å². The van der Waals surface area contributed by atoms with Crippen LogP contribution >= 0.6 is 11.8 Å². The first-order valence-electron chi connectivity index (χ1n) is 9.41. The molecule has 2 heterocycles. The fraction of sp³-hybridized carbons (Fsp3) is 0.174. The molecule has 0 radical (unpaired) electrons. The quantitative estimate of drug-likeness (QED) is 0.518. The van der Waals surface area contributed by atoms with E-state index in [0.717, 1.165) is 17.8 Å². The third-order valence-electron chi connectivity index (χ3n) is 5.40. The highest BCUT2D eigenvalue weighted by Gasteiger charge is 2.34. The Kier molecular flexibility index (Phi) is 4.05. The highest BCUT2D eigenvalue weighted by Crippen LogP contribution is 2.43. The zero-order valence-corrected chi connectivity index (χ0v) is 16.3. The van der Waals surface area contributed by atoms with Gasteiger partial charge < -0.3 is 9.67 Å². The van der Waals surface area contributed by atoms with Crippen molar-refractivity contribution < 1.29 is 9.90 Å². The molecule has 1 N–H and O–H groups in total. The number of nitrogens with zero attached hydrogens (tertiary/aromatic N) is 2. The van der Waals surface area contributed by atoms with E-state index >= 15 is 0 Å². The molecule has 5 heteroatoms. The molecule has 140 valence electrons. The minimum absolute atomic E-state index is 0.0786. The zero-order chi connectivity index (χ0) is 19.3. The number of para-hydroxylation sites is 1. The normalized spacial score (nSPS) is 17.1. The molecule has 4 aromatic rings. The summed E-state index contributed by atoms with van der Waals surface area (Å²) in [5.41, 5.74) is 4.34. The van der Waals surface area contributed by atoms with Crippen LogP contribution in [0.3, 0.4) is 0 Å². The highest BCUT2D eigenvalue weighted by atomic mass is 32.2. The highest BCUT2D eigenvalue weighted by molar-refractivity contribution is 8.00. The van der Waals surface area contributed by atoms with E-state index in [1.807, 2.05) is 23.1 Å². The van der Waals surface area contributed by atoms with Gasteiger partial charge in [0.2, 0.25) is 5.91 Å². The van der Waals surface area contributed by atoms with Crippen LogP contribution in [0.25, 0.3) is 21.8 Å². The minimum atomic E-state index is -0.0786. The Morgan fingerprint density at radius 1 is 1.00 bits per heavy atom. The van der Waals surface area contributed by atoms with Gasteiger partial charge in [-0.1, -0.05) is 30.3 Å². The Balaban J connectivity index is 1.66. The Hall–Kier alpha value is -2.92. The van der Waals surface area contributed by atoms with E-state index < -0.39 is 0 Å². The average Bonchev–Trinajstić information content (AvgIpc) is 3.26. The van der Waals surface area contributed by atoms with Gasteiger partial charge in [-0.05, 0) is 48.9 Å². The number of thioether (sulfide) groups is 1. The number of phenolic OH excluding ortho intramolecular Hbond substituents is 1. The second kappa shape index (κ2) is 6.60. The summed E-state index contributed by atoms with van der Waals surface area (Å²) < 4.78 is 2.31. The number of carbonyl (C=O) groups is 1. The Labute approximate surface area is 167 Å². The van der Waals surface area contributed by atoms with E-state index in [1.165, 1.54) is 21.8 Å². The molecule has 1 aliphatic heterocycles. The summed E-state index contributed by atoms with van der Waals surface area (Å²) in [6.45, 7) is 3.05. The molecule has 1 unspecified atom stereocenters. The summed E-state index contributed by atoms with van der Waals surface area (Å²) in [7, 11) is 0. The van der Waals surface area contributed by atoms with Gasteiger partial charge in [-0.25, -0.2) is 0 Å². The van der Waals surface area contributed by atoms with Crippen LogP contribution in [0.2, 0.25) is 0 Å². The molecule has 1 atom stereocenters. The average molecular weight is 388 g/mol. The van der Waals surface area contributed by atoms with Gasteiger partial charge in [-0.15, -0.1) is 11.8 Å². The number of hydrogen-bond donors (Lipinski definition) is 1. The van der Waals surface area contributed by atoms with Gasteiger partial charge in [0.1, 0.15) is 11.1 Å². The van der Waals surface area contributed by atoms with Gasteiger partial charge in [0.15, 0.2) is 0 Å². The van der Waals surface area contributed by atoms with Crippen molar-refractivity contribution in [2.24, 2.45) is 0 Å². The number of aryl methyl sites for hydroxylation is 1. The fourth-order valence-corrected chi connectivity index (χ4v) is 5.30. The van der Waals surface area contributed by atoms with Crippen LogP contribution in [0.15, 0.2) is 66.7 Å². The van der Waals surface area contributed by atoms with Crippen LogP contribution in [0, 0.1) is 0 Å². The molecule has 1 fully saturated rings. The van der Waals surface area contributed by atoms with Crippen LogP contribution in [0.5, 0.6) is 5.75 Å². The lowest BCUT2D eigenvalue weighted by molar-refractivity contribution is -0.115. The molecule has 0 bridgehead atoms. The third kappa shape index (κ3) is 2.58. The first-order valence-corrected chi connectivity index (χ1v) is 10.5. The molecule has 1 aliphatic rings. The minimum Gasteiger partial charge on any atom is -0.508 e. The summed E-state index contributed by atoms with van der Waals surface area (Å²) in [6.07, 6.45) is 0. The van der Waals surface area contributed by atoms with E-state index in [-0.39, 0.29) is 17.0 Å². The summed E-state index contributed by atoms with van der Waals surface area (Å²) >= 11 is 1.62. The Bertz CT molecular complexity index is 1200. The molecule has 0 saturated carbocycles. The molecule has 5 rings (SSSR count). The van der Waals surface area contributed by atoms with Gasteiger partial charge in [-0.2, -0.15) is 0 Å². The number of aromatic hydroxyl groups is 1. The molecule has 4 nitrogen and oxygen atoms in total. The first kappa shape index (κ1) is 17.2. The molecular weight excluding hydrogens is 368 g/mol. The van der Waals surface area contributed by atoms with Gasteiger partial charge in [0, 0.05) is 34.0 Å². The van der Waals surface area contributed by atoms with Crippen molar-refractivity contribution in [3.8, 4) is 5.75 Å². The van der Waals surface area contributed by atoms with Crippen molar-refractivity contribution in [3.63, 3.8) is 0 Å². The number of amides is 1. The molecule has 28 heavy (non-hydrogen) atoms. The molecular formula is C23H20N2O2S. The predicted octanol–water partition coefficient (Wildman–Crippen LogP) is 5.30. The number of anilines is 1. The van der Waals surface area contributed by atoms with Crippen molar-refractivity contribution >= 4 is 45.2 Å². The summed E-state index contributed by atoms with van der Waals surface area (Å²) in [6, 6.07) is 21.9. The molecule has 1 aromatic heterocycles. The van der Waals surface area contributed by atoms with Crippen molar-refractivity contribution in [2.45, 2.75) is 18.8 Å². The Morgan fingerprint density at radius 2 is 1.75 bits per heavy atom. The zero-order valence-electron chi connectivity index (χ0n) is 15.5. The van der Waals surface area contributed by atoms with E-state index in [1.54, 1.807) is 23.9 Å². The lowest BCUT2D eigenvalue weighted by Gasteiger charge is -2.24. The number of benzene rings is 3. The lowest BCUT2D eigenvalue weighted by Crippen LogP contribution is -2.27. The van der Waals surface area contributed by atoms with Crippen molar-refractivity contribution in [3.05, 3.63) is 72.3 Å². The molecule has 0 spiro atoms. The third-order valence-corrected chi connectivity index (χ3v) is 6.61. The van der Waals surface area contributed by atoms with E-state index in [2.05, 4.69) is 47.9 Å². The van der Waals surface area contributed by atoms with Gasteiger partial charge in [0.25, 0.3) is 0 Å².